The molecule has 0 bridgehead atoms. The Morgan fingerprint density at radius 3 is 2.69 bits per heavy atom. The molecule has 0 radical (unpaired) electrons. The number of ketones is 1. The van der Waals surface area contributed by atoms with Gasteiger partial charge in [0.15, 0.2) is 0 Å². The van der Waals surface area contributed by atoms with Crippen molar-refractivity contribution in [1.29, 1.82) is 0 Å². The van der Waals surface area contributed by atoms with Crippen molar-refractivity contribution in [2.75, 3.05) is 6.61 Å². The first-order chi connectivity index (χ1) is 6.15. The van der Waals surface area contributed by atoms with Crippen LogP contribution in [0.15, 0.2) is 12.1 Å². The third-order valence-corrected chi connectivity index (χ3v) is 2.49. The number of carbonyl (C=O) groups is 2. The Bertz CT molecular complexity index is 332. The molecule has 0 atom stereocenters. The van der Waals surface area contributed by atoms with Crippen LogP contribution in [-0.2, 0) is 9.53 Å². The van der Waals surface area contributed by atoms with Gasteiger partial charge >= 0.3 is 5.97 Å². The number of halogens is 1. The van der Waals surface area contributed by atoms with E-state index < -0.39 is 11.8 Å². The van der Waals surface area contributed by atoms with Gasteiger partial charge in [-0.2, -0.15) is 0 Å². The van der Waals surface area contributed by atoms with Gasteiger partial charge in [0.05, 0.1) is 15.8 Å². The zero-order valence-corrected chi connectivity index (χ0v) is 8.45. The summed E-state index contributed by atoms with van der Waals surface area (Å²) in [5.41, 5.74) is 0. The molecule has 0 aliphatic heterocycles. The third kappa shape index (κ3) is 2.54. The molecule has 1 rings (SSSR count). The van der Waals surface area contributed by atoms with Crippen LogP contribution < -0.4 is 0 Å². The molecule has 0 unspecified atom stereocenters. The maximum atomic E-state index is 11.2. The summed E-state index contributed by atoms with van der Waals surface area (Å²) in [4.78, 5) is 22.5. The first-order valence-electron chi connectivity index (χ1n) is 3.62. The summed E-state index contributed by atoms with van der Waals surface area (Å²) in [6.07, 6.45) is 0. The molecule has 70 valence electrons. The van der Waals surface area contributed by atoms with Gasteiger partial charge in [-0.05, 0) is 19.1 Å². The van der Waals surface area contributed by atoms with Crippen LogP contribution in [0.25, 0.3) is 0 Å². The molecule has 5 heteroatoms. The van der Waals surface area contributed by atoms with E-state index in [0.717, 1.165) is 11.3 Å². The van der Waals surface area contributed by atoms with Crippen LogP contribution in [0.3, 0.4) is 0 Å². The highest BCUT2D eigenvalue weighted by Crippen LogP contribution is 2.21. The lowest BCUT2D eigenvalue weighted by molar-refractivity contribution is -0.137. The van der Waals surface area contributed by atoms with E-state index in [2.05, 4.69) is 4.74 Å². The molecule has 1 aromatic rings. The van der Waals surface area contributed by atoms with Gasteiger partial charge in [0.2, 0.25) is 0 Å². The zero-order chi connectivity index (χ0) is 9.84. The topological polar surface area (TPSA) is 43.4 Å². The number of rotatable bonds is 3. The summed E-state index contributed by atoms with van der Waals surface area (Å²) in [6.45, 7) is 1.84. The summed E-state index contributed by atoms with van der Waals surface area (Å²) in [6, 6.07) is 3.07. The average molecular weight is 219 g/mol. The predicted octanol–water partition coefficient (Wildman–Crippen LogP) is 2.15. The molecule has 0 fully saturated rings. The van der Waals surface area contributed by atoms with Crippen molar-refractivity contribution >= 4 is 34.7 Å². The van der Waals surface area contributed by atoms with Crippen LogP contribution in [-0.4, -0.2) is 18.4 Å². The van der Waals surface area contributed by atoms with Crippen molar-refractivity contribution in [1.82, 2.24) is 0 Å². The van der Waals surface area contributed by atoms with Crippen molar-refractivity contribution in [3.63, 3.8) is 0 Å². The first kappa shape index (κ1) is 10.2. The SMILES string of the molecule is CCOC(=O)C(=O)c1ccc(Cl)s1. The van der Waals surface area contributed by atoms with Gasteiger partial charge in [-0.25, -0.2) is 4.79 Å². The van der Waals surface area contributed by atoms with Crippen molar-refractivity contribution < 1.29 is 14.3 Å². The van der Waals surface area contributed by atoms with E-state index in [1.165, 1.54) is 6.07 Å². The van der Waals surface area contributed by atoms with Gasteiger partial charge in [0.1, 0.15) is 0 Å². The van der Waals surface area contributed by atoms with Gasteiger partial charge in [0, 0.05) is 0 Å². The molecule has 0 aliphatic rings. The van der Waals surface area contributed by atoms with Crippen molar-refractivity contribution in [2.45, 2.75) is 6.92 Å². The normalized spacial score (nSPS) is 9.69. The zero-order valence-electron chi connectivity index (χ0n) is 6.87. The number of thiophene rings is 1. The molecule has 0 aromatic carbocycles. The van der Waals surface area contributed by atoms with Crippen LogP contribution in [0.1, 0.15) is 16.6 Å². The van der Waals surface area contributed by atoms with Crippen molar-refractivity contribution in [2.24, 2.45) is 0 Å². The molecule has 0 saturated carbocycles. The summed E-state index contributed by atoms with van der Waals surface area (Å²) in [7, 11) is 0. The summed E-state index contributed by atoms with van der Waals surface area (Å²) in [5.74, 6) is -1.47. The second-order valence-corrected chi connectivity index (χ2v) is 3.87. The Morgan fingerprint density at radius 2 is 2.23 bits per heavy atom. The van der Waals surface area contributed by atoms with E-state index in [9.17, 15) is 9.59 Å². The van der Waals surface area contributed by atoms with E-state index in [1.807, 2.05) is 0 Å². The smallest absolute Gasteiger partial charge is 0.380 e. The van der Waals surface area contributed by atoms with E-state index >= 15 is 0 Å². The van der Waals surface area contributed by atoms with E-state index in [4.69, 9.17) is 11.6 Å². The lowest BCUT2D eigenvalue weighted by Crippen LogP contribution is -2.16. The number of carbonyl (C=O) groups excluding carboxylic acids is 2. The van der Waals surface area contributed by atoms with E-state index in [1.54, 1.807) is 13.0 Å². The molecule has 3 nitrogen and oxygen atoms in total. The molecule has 1 aromatic heterocycles. The minimum atomic E-state index is -0.832. The quantitative estimate of drug-likeness (QED) is 0.444. The second kappa shape index (κ2) is 4.39. The highest BCUT2D eigenvalue weighted by Gasteiger charge is 2.18. The van der Waals surface area contributed by atoms with Gasteiger partial charge in [-0.15, -0.1) is 11.3 Å². The number of ether oxygens (including phenoxy) is 1. The summed E-state index contributed by atoms with van der Waals surface area (Å²) < 4.78 is 5.02. The number of hydrogen-bond acceptors (Lipinski definition) is 4. The molecule has 0 amide bonds. The van der Waals surface area contributed by atoms with Crippen molar-refractivity contribution in [3.05, 3.63) is 21.3 Å². The monoisotopic (exact) mass is 218 g/mol. The molecule has 1 heterocycles. The highest BCUT2D eigenvalue weighted by atomic mass is 35.5. The average Bonchev–Trinajstić information content (AvgIpc) is 2.51. The lowest BCUT2D eigenvalue weighted by atomic mass is 10.3. The summed E-state index contributed by atoms with van der Waals surface area (Å²) >= 11 is 6.67. The van der Waals surface area contributed by atoms with Gasteiger partial charge in [-0.1, -0.05) is 11.6 Å². The lowest BCUT2D eigenvalue weighted by Gasteiger charge is -1.96. The van der Waals surface area contributed by atoms with Crippen LogP contribution in [0.5, 0.6) is 0 Å². The molecule has 0 saturated heterocycles. The third-order valence-electron chi connectivity index (χ3n) is 1.26. The van der Waals surface area contributed by atoms with E-state index in [0.29, 0.717) is 9.21 Å². The van der Waals surface area contributed by atoms with Gasteiger partial charge in [0.25, 0.3) is 5.78 Å². The fourth-order valence-corrected chi connectivity index (χ4v) is 1.70. The Morgan fingerprint density at radius 1 is 1.54 bits per heavy atom. The fraction of sp³-hybridized carbons (Fsp3) is 0.250. The molecule has 0 N–H and O–H groups in total. The number of Topliss-reactive ketones (excluding diaryl/α,β-unsaturated/α-hetero) is 1. The minimum Gasteiger partial charge on any atom is -0.460 e. The highest BCUT2D eigenvalue weighted by molar-refractivity contribution is 7.18. The molecule has 0 aliphatic carbocycles. The maximum absolute atomic E-state index is 11.2. The molecule has 0 spiro atoms. The van der Waals surface area contributed by atoms with E-state index in [-0.39, 0.29) is 6.61 Å². The molecular formula is C8H7ClO3S. The largest absolute Gasteiger partial charge is 0.460 e. The van der Waals surface area contributed by atoms with Crippen LogP contribution in [0.2, 0.25) is 4.34 Å². The molecule has 13 heavy (non-hydrogen) atoms. The predicted molar refractivity (Wildman–Crippen MR) is 50.3 cm³/mol. The van der Waals surface area contributed by atoms with Crippen LogP contribution >= 0.6 is 22.9 Å². The van der Waals surface area contributed by atoms with Crippen LogP contribution in [0, 0.1) is 0 Å². The summed E-state index contributed by atoms with van der Waals surface area (Å²) in [5, 5.41) is 0. The van der Waals surface area contributed by atoms with Crippen LogP contribution in [0.4, 0.5) is 0 Å². The number of hydrogen-bond donors (Lipinski definition) is 0. The Kier molecular flexibility index (Phi) is 3.45. The Hall–Kier alpha value is -0.870. The Labute approximate surface area is 84.3 Å². The Balaban J connectivity index is 2.73. The van der Waals surface area contributed by atoms with Gasteiger partial charge < -0.3 is 4.74 Å². The fourth-order valence-electron chi connectivity index (χ4n) is 0.734. The maximum Gasteiger partial charge on any atom is 0.380 e. The minimum absolute atomic E-state index is 0.198. The van der Waals surface area contributed by atoms with Gasteiger partial charge in [-0.3, -0.25) is 4.79 Å². The first-order valence-corrected chi connectivity index (χ1v) is 4.81. The number of esters is 1. The molecular weight excluding hydrogens is 212 g/mol. The second-order valence-electron chi connectivity index (χ2n) is 2.15. The standard InChI is InChI=1S/C8H7ClO3S/c1-2-12-8(11)7(10)5-3-4-6(9)13-5/h3-4H,2H2,1H3. The van der Waals surface area contributed by atoms with Crippen molar-refractivity contribution in [3.8, 4) is 0 Å².